The van der Waals surface area contributed by atoms with E-state index in [4.69, 9.17) is 4.74 Å². The molecule has 36 heavy (non-hydrogen) atoms. The van der Waals surface area contributed by atoms with Crippen LogP contribution in [0.2, 0.25) is 0 Å². The number of fused-ring (bicyclic) bond motifs is 1. The number of rotatable bonds is 6. The summed E-state index contributed by atoms with van der Waals surface area (Å²) >= 11 is 0. The van der Waals surface area contributed by atoms with Crippen molar-refractivity contribution in [3.8, 4) is 17.4 Å². The minimum atomic E-state index is -3.78. The molecule has 0 fully saturated rings. The van der Waals surface area contributed by atoms with E-state index >= 15 is 0 Å². The molecule has 9 heteroatoms. The Morgan fingerprint density at radius 1 is 0.861 bits per heavy atom. The molecule has 0 saturated carbocycles. The van der Waals surface area contributed by atoms with E-state index in [1.165, 1.54) is 0 Å². The molecule has 0 unspecified atom stereocenters. The molecule has 0 aliphatic rings. The third-order valence-electron chi connectivity index (χ3n) is 6.04. The molecule has 0 spiro atoms. The topological polar surface area (TPSA) is 99.0 Å². The van der Waals surface area contributed by atoms with Crippen molar-refractivity contribution in [2.24, 2.45) is 0 Å². The van der Waals surface area contributed by atoms with E-state index < -0.39 is 10.0 Å². The lowest BCUT2D eigenvalue weighted by Gasteiger charge is -2.12. The number of hydrogen-bond acceptors (Lipinski definition) is 6. The predicted octanol–water partition coefficient (Wildman–Crippen LogP) is 5.64. The molecule has 3 aromatic carbocycles. The summed E-state index contributed by atoms with van der Waals surface area (Å²) in [4.78, 5) is 9.10. The van der Waals surface area contributed by atoms with Gasteiger partial charge in [-0.05, 0) is 69.0 Å². The van der Waals surface area contributed by atoms with E-state index in [1.54, 1.807) is 60.1 Å². The lowest BCUT2D eigenvalue weighted by Crippen LogP contribution is -2.13. The zero-order valence-corrected chi connectivity index (χ0v) is 21.2. The Morgan fingerprint density at radius 3 is 2.31 bits per heavy atom. The summed E-state index contributed by atoms with van der Waals surface area (Å²) in [6, 6.07) is 21.0. The van der Waals surface area contributed by atoms with Gasteiger partial charge in [0, 0.05) is 22.8 Å². The van der Waals surface area contributed by atoms with Crippen molar-refractivity contribution in [3.63, 3.8) is 0 Å². The first kappa shape index (κ1) is 23.5. The van der Waals surface area contributed by atoms with Crippen molar-refractivity contribution in [2.45, 2.75) is 32.6 Å². The van der Waals surface area contributed by atoms with E-state index in [2.05, 4.69) is 19.8 Å². The van der Waals surface area contributed by atoms with E-state index in [0.717, 1.165) is 22.3 Å². The second kappa shape index (κ2) is 9.09. The first-order chi connectivity index (χ1) is 17.2. The van der Waals surface area contributed by atoms with Crippen molar-refractivity contribution < 1.29 is 13.2 Å². The Hall–Kier alpha value is -4.24. The first-order valence-corrected chi connectivity index (χ1v) is 12.9. The van der Waals surface area contributed by atoms with E-state index in [9.17, 15) is 8.42 Å². The van der Waals surface area contributed by atoms with Gasteiger partial charge in [-0.2, -0.15) is 10.1 Å². The minimum Gasteiger partial charge on any atom is -0.439 e. The van der Waals surface area contributed by atoms with Crippen LogP contribution in [0.3, 0.4) is 0 Å². The normalized spacial score (nSPS) is 11.6. The van der Waals surface area contributed by atoms with Crippen LogP contribution in [0.25, 0.3) is 16.6 Å². The molecule has 2 aromatic heterocycles. The smallest absolute Gasteiger partial charge is 0.262 e. The average molecular weight is 500 g/mol. The lowest BCUT2D eigenvalue weighted by atomic mass is 10.1. The van der Waals surface area contributed by atoms with E-state index in [0.29, 0.717) is 34.3 Å². The van der Waals surface area contributed by atoms with Crippen LogP contribution in [0.1, 0.15) is 22.8 Å². The second-order valence-corrected chi connectivity index (χ2v) is 10.2. The van der Waals surface area contributed by atoms with Crippen molar-refractivity contribution in [1.29, 1.82) is 0 Å². The average Bonchev–Trinajstić information content (AvgIpc) is 3.11. The molecular weight excluding hydrogens is 474 g/mol. The fourth-order valence-electron chi connectivity index (χ4n) is 3.98. The molecule has 5 rings (SSSR count). The van der Waals surface area contributed by atoms with Gasteiger partial charge in [-0.25, -0.2) is 18.1 Å². The minimum absolute atomic E-state index is 0.226. The van der Waals surface area contributed by atoms with Crippen molar-refractivity contribution >= 4 is 26.5 Å². The van der Waals surface area contributed by atoms with Crippen LogP contribution in [-0.4, -0.2) is 28.2 Å². The van der Waals surface area contributed by atoms with Gasteiger partial charge >= 0.3 is 0 Å². The number of ether oxygens (including phenoxy) is 1. The number of nitrogens with zero attached hydrogens (tertiary/aromatic N) is 4. The Kier molecular flexibility index (Phi) is 5.93. The Bertz CT molecular complexity index is 1690. The zero-order valence-electron chi connectivity index (χ0n) is 20.4. The van der Waals surface area contributed by atoms with E-state index in [1.807, 2.05) is 45.0 Å². The number of anilines is 1. The quantitative estimate of drug-likeness (QED) is 0.324. The molecule has 0 aliphatic heterocycles. The fourth-order valence-corrected chi connectivity index (χ4v) is 5.27. The van der Waals surface area contributed by atoms with Gasteiger partial charge in [0.05, 0.1) is 10.6 Å². The Morgan fingerprint density at radius 2 is 1.58 bits per heavy atom. The van der Waals surface area contributed by atoms with Gasteiger partial charge in [0.25, 0.3) is 10.0 Å². The number of aryl methyl sites for hydroxylation is 2. The maximum Gasteiger partial charge on any atom is 0.262 e. The van der Waals surface area contributed by atoms with Gasteiger partial charge in [-0.15, -0.1) is 0 Å². The van der Waals surface area contributed by atoms with Crippen LogP contribution < -0.4 is 9.46 Å². The van der Waals surface area contributed by atoms with Gasteiger partial charge < -0.3 is 4.74 Å². The molecule has 2 heterocycles. The Labute approximate surface area is 209 Å². The molecule has 8 nitrogen and oxygen atoms in total. The lowest BCUT2D eigenvalue weighted by molar-refractivity contribution is 0.459. The molecule has 0 amide bonds. The number of aromatic nitrogens is 4. The predicted molar refractivity (Wildman–Crippen MR) is 139 cm³/mol. The molecule has 0 saturated heterocycles. The summed E-state index contributed by atoms with van der Waals surface area (Å²) in [5, 5.41) is 6.09. The molecular formula is C27H25N5O3S. The molecule has 1 N–H and O–H groups in total. The third-order valence-corrected chi connectivity index (χ3v) is 7.48. The number of benzene rings is 3. The summed E-state index contributed by atoms with van der Waals surface area (Å²) in [6.45, 7) is 7.77. The molecule has 0 bridgehead atoms. The molecule has 0 radical (unpaired) electrons. The van der Waals surface area contributed by atoms with Crippen LogP contribution >= 0.6 is 0 Å². The van der Waals surface area contributed by atoms with E-state index in [-0.39, 0.29) is 4.90 Å². The molecule has 5 aromatic rings. The number of hydrogen-bond donors (Lipinski definition) is 1. The molecule has 0 aliphatic carbocycles. The van der Waals surface area contributed by atoms with Crippen LogP contribution in [0.5, 0.6) is 11.6 Å². The summed E-state index contributed by atoms with van der Waals surface area (Å²) in [5.41, 5.74) is 3.47. The van der Waals surface area contributed by atoms with Crippen molar-refractivity contribution in [1.82, 2.24) is 19.7 Å². The SMILES string of the molecule is Cc1nc(Oc2ccc(NS(=O)(=O)c3cccc4ccccc34)cc2)cc(-n2nc(C)c(C)c2C)n1. The van der Waals surface area contributed by atoms with Crippen molar-refractivity contribution in [2.75, 3.05) is 4.72 Å². The van der Waals surface area contributed by atoms with Crippen LogP contribution in [0.4, 0.5) is 5.69 Å². The highest BCUT2D eigenvalue weighted by atomic mass is 32.2. The highest BCUT2D eigenvalue weighted by Crippen LogP contribution is 2.27. The monoisotopic (exact) mass is 499 g/mol. The van der Waals surface area contributed by atoms with Gasteiger partial charge in [0.15, 0.2) is 5.82 Å². The van der Waals surface area contributed by atoms with Crippen LogP contribution in [0, 0.1) is 27.7 Å². The first-order valence-electron chi connectivity index (χ1n) is 11.4. The van der Waals surface area contributed by atoms with Crippen LogP contribution in [-0.2, 0) is 10.0 Å². The van der Waals surface area contributed by atoms with Gasteiger partial charge in [0.1, 0.15) is 11.6 Å². The summed E-state index contributed by atoms with van der Waals surface area (Å²) < 4.78 is 36.6. The fraction of sp³-hybridized carbons (Fsp3) is 0.148. The maximum absolute atomic E-state index is 13.1. The van der Waals surface area contributed by atoms with Gasteiger partial charge in [-0.1, -0.05) is 36.4 Å². The van der Waals surface area contributed by atoms with Crippen molar-refractivity contribution in [3.05, 3.63) is 95.6 Å². The molecule has 182 valence electrons. The summed E-state index contributed by atoms with van der Waals surface area (Å²) in [7, 11) is -3.78. The summed E-state index contributed by atoms with van der Waals surface area (Å²) in [6.07, 6.45) is 0. The van der Waals surface area contributed by atoms with Gasteiger partial charge in [-0.3, -0.25) is 4.72 Å². The van der Waals surface area contributed by atoms with Crippen LogP contribution in [0.15, 0.2) is 77.7 Å². The standard InChI is InChI=1S/C27H25N5O3S/c1-17-18(2)30-32(19(17)3)26-16-27(29-20(4)28-26)35-23-14-12-22(13-15-23)31-36(33,34)25-11-7-9-21-8-5-6-10-24(21)25/h5-16,31H,1-4H3. The zero-order chi connectivity index (χ0) is 25.4. The maximum atomic E-state index is 13.1. The van der Waals surface area contributed by atoms with Gasteiger partial charge in [0.2, 0.25) is 5.88 Å². The highest BCUT2D eigenvalue weighted by Gasteiger charge is 2.18. The second-order valence-electron chi connectivity index (χ2n) is 8.53. The highest BCUT2D eigenvalue weighted by molar-refractivity contribution is 7.93. The third kappa shape index (κ3) is 4.52. The Balaban J connectivity index is 1.37. The largest absolute Gasteiger partial charge is 0.439 e. The number of sulfonamides is 1. The summed E-state index contributed by atoms with van der Waals surface area (Å²) in [5.74, 6) is 2.04. The molecule has 0 atom stereocenters. The number of nitrogens with one attached hydrogen (secondary N) is 1.